The Kier molecular flexibility index (Phi) is 5.87. The van der Waals surface area contributed by atoms with E-state index < -0.39 is 0 Å². The minimum atomic E-state index is 0.554. The molecule has 0 rings (SSSR count). The van der Waals surface area contributed by atoms with Gasteiger partial charge in [0.2, 0.25) is 0 Å². The maximum Gasteiger partial charge on any atom is 0.0863 e. The van der Waals surface area contributed by atoms with Gasteiger partial charge in [0.15, 0.2) is 0 Å². The minimum absolute atomic E-state index is 0.554. The molecule has 0 unspecified atom stereocenters. The predicted octanol–water partition coefficient (Wildman–Crippen LogP) is 1.88. The van der Waals surface area contributed by atoms with Gasteiger partial charge in [0.1, 0.15) is 0 Å². The Morgan fingerprint density at radius 1 is 1.45 bits per heavy atom. The summed E-state index contributed by atoms with van der Waals surface area (Å²) >= 11 is 0. The fraction of sp³-hybridized carbons (Fsp3) is 0.889. The number of rotatable bonds is 5. The molecule has 64 valence electrons. The Hall–Kier alpha value is -0.550. The smallest absolute Gasteiger partial charge is 0.0863 e. The molecule has 0 radical (unpaired) electrons. The summed E-state index contributed by atoms with van der Waals surface area (Å²) in [4.78, 5) is 2.06. The molecule has 2 heteroatoms. The summed E-state index contributed by atoms with van der Waals surface area (Å²) in [6.45, 7) is 6.05. The Morgan fingerprint density at radius 2 is 2.09 bits per heavy atom. The highest BCUT2D eigenvalue weighted by Crippen LogP contribution is 2.03. The first kappa shape index (κ1) is 10.4. The standard InChI is InChI=1S/C9H18N2/c1-9(2)5-4-7-11(3)8-6-10/h9H,4-5,7-8H2,1-3H3. The summed E-state index contributed by atoms with van der Waals surface area (Å²) in [6, 6.07) is 2.13. The van der Waals surface area contributed by atoms with E-state index >= 15 is 0 Å². The fourth-order valence-electron chi connectivity index (χ4n) is 0.969. The maximum absolute atomic E-state index is 8.35. The molecule has 0 aliphatic heterocycles. The molecule has 0 bridgehead atoms. The van der Waals surface area contributed by atoms with Crippen LogP contribution in [0.15, 0.2) is 0 Å². The van der Waals surface area contributed by atoms with Crippen molar-refractivity contribution >= 4 is 0 Å². The Bertz CT molecular complexity index is 124. The number of nitrogens with zero attached hydrogens (tertiary/aromatic N) is 2. The zero-order valence-corrected chi connectivity index (χ0v) is 7.80. The van der Waals surface area contributed by atoms with Gasteiger partial charge >= 0.3 is 0 Å². The average molecular weight is 154 g/mol. The van der Waals surface area contributed by atoms with Crippen LogP contribution in [-0.4, -0.2) is 25.0 Å². The van der Waals surface area contributed by atoms with Gasteiger partial charge in [-0.25, -0.2) is 0 Å². The highest BCUT2D eigenvalue weighted by atomic mass is 15.1. The van der Waals surface area contributed by atoms with Crippen LogP contribution in [0.5, 0.6) is 0 Å². The predicted molar refractivity (Wildman–Crippen MR) is 47.2 cm³/mol. The van der Waals surface area contributed by atoms with Crippen molar-refractivity contribution in [3.63, 3.8) is 0 Å². The SMILES string of the molecule is CC(C)CCCN(C)CC#N. The molecule has 0 aliphatic rings. The molecule has 0 aromatic heterocycles. The first-order valence-electron chi connectivity index (χ1n) is 4.22. The van der Waals surface area contributed by atoms with Crippen molar-refractivity contribution in [3.05, 3.63) is 0 Å². The van der Waals surface area contributed by atoms with E-state index in [4.69, 9.17) is 5.26 Å². The van der Waals surface area contributed by atoms with E-state index in [-0.39, 0.29) is 0 Å². The van der Waals surface area contributed by atoms with Crippen LogP contribution in [0.2, 0.25) is 0 Å². The van der Waals surface area contributed by atoms with E-state index in [2.05, 4.69) is 24.8 Å². The van der Waals surface area contributed by atoms with Crippen LogP contribution in [0.3, 0.4) is 0 Å². The lowest BCUT2D eigenvalue weighted by molar-refractivity contribution is 0.351. The van der Waals surface area contributed by atoms with Crippen LogP contribution < -0.4 is 0 Å². The third-order valence-corrected chi connectivity index (χ3v) is 1.66. The van der Waals surface area contributed by atoms with Gasteiger partial charge in [0.05, 0.1) is 12.6 Å². The van der Waals surface area contributed by atoms with Crippen LogP contribution in [0, 0.1) is 17.2 Å². The highest BCUT2D eigenvalue weighted by molar-refractivity contribution is 4.73. The molecule has 0 spiro atoms. The zero-order valence-electron chi connectivity index (χ0n) is 7.80. The lowest BCUT2D eigenvalue weighted by atomic mass is 10.1. The molecular formula is C9H18N2. The van der Waals surface area contributed by atoms with Gasteiger partial charge in [-0.3, -0.25) is 4.90 Å². The first-order valence-corrected chi connectivity index (χ1v) is 4.22. The summed E-state index contributed by atoms with van der Waals surface area (Å²) in [7, 11) is 1.99. The van der Waals surface area contributed by atoms with Gasteiger partial charge in [-0.2, -0.15) is 5.26 Å². The van der Waals surface area contributed by atoms with E-state index in [0.717, 1.165) is 12.5 Å². The molecule has 0 fully saturated rings. The molecule has 0 amide bonds. The van der Waals surface area contributed by atoms with Gasteiger partial charge in [0, 0.05) is 0 Å². The van der Waals surface area contributed by atoms with Crippen molar-refractivity contribution in [2.75, 3.05) is 20.1 Å². The van der Waals surface area contributed by atoms with Gasteiger partial charge < -0.3 is 0 Å². The van der Waals surface area contributed by atoms with Crippen LogP contribution >= 0.6 is 0 Å². The maximum atomic E-state index is 8.35. The molecule has 0 atom stereocenters. The van der Waals surface area contributed by atoms with E-state index in [9.17, 15) is 0 Å². The molecule has 0 heterocycles. The van der Waals surface area contributed by atoms with Crippen LogP contribution in [0.4, 0.5) is 0 Å². The second-order valence-corrected chi connectivity index (χ2v) is 3.43. The quantitative estimate of drug-likeness (QED) is 0.565. The van der Waals surface area contributed by atoms with Crippen molar-refractivity contribution in [1.82, 2.24) is 4.90 Å². The lowest BCUT2D eigenvalue weighted by Gasteiger charge is -2.12. The Balaban J connectivity index is 3.18. The molecule has 11 heavy (non-hydrogen) atoms. The van der Waals surface area contributed by atoms with E-state index in [0.29, 0.717) is 6.54 Å². The number of nitriles is 1. The van der Waals surface area contributed by atoms with Crippen molar-refractivity contribution in [3.8, 4) is 6.07 Å². The lowest BCUT2D eigenvalue weighted by Crippen LogP contribution is -2.19. The van der Waals surface area contributed by atoms with E-state index in [1.165, 1.54) is 12.8 Å². The number of hydrogen-bond acceptors (Lipinski definition) is 2. The van der Waals surface area contributed by atoms with Crippen molar-refractivity contribution in [2.24, 2.45) is 5.92 Å². The molecule has 0 aliphatic carbocycles. The number of hydrogen-bond donors (Lipinski definition) is 0. The fourth-order valence-corrected chi connectivity index (χ4v) is 0.969. The second-order valence-electron chi connectivity index (χ2n) is 3.43. The molecule has 2 nitrogen and oxygen atoms in total. The summed E-state index contributed by atoms with van der Waals surface area (Å²) in [5.41, 5.74) is 0. The van der Waals surface area contributed by atoms with Crippen molar-refractivity contribution in [1.29, 1.82) is 5.26 Å². The molecule has 0 N–H and O–H groups in total. The van der Waals surface area contributed by atoms with Gasteiger partial charge in [-0.15, -0.1) is 0 Å². The summed E-state index contributed by atoms with van der Waals surface area (Å²) < 4.78 is 0. The molecule has 0 aromatic carbocycles. The molecule has 0 aromatic rings. The summed E-state index contributed by atoms with van der Waals surface area (Å²) in [6.07, 6.45) is 2.46. The largest absolute Gasteiger partial charge is 0.294 e. The van der Waals surface area contributed by atoms with Crippen molar-refractivity contribution < 1.29 is 0 Å². The van der Waals surface area contributed by atoms with Crippen molar-refractivity contribution in [2.45, 2.75) is 26.7 Å². The third-order valence-electron chi connectivity index (χ3n) is 1.66. The molecule has 0 saturated carbocycles. The highest BCUT2D eigenvalue weighted by Gasteiger charge is 1.97. The average Bonchev–Trinajstić information content (AvgIpc) is 1.87. The first-order chi connectivity index (χ1) is 5.16. The van der Waals surface area contributed by atoms with Crippen LogP contribution in [0.1, 0.15) is 26.7 Å². The zero-order chi connectivity index (χ0) is 8.69. The summed E-state index contributed by atoms with van der Waals surface area (Å²) in [5, 5.41) is 8.35. The van der Waals surface area contributed by atoms with E-state index in [1.54, 1.807) is 0 Å². The van der Waals surface area contributed by atoms with Crippen LogP contribution in [-0.2, 0) is 0 Å². The van der Waals surface area contributed by atoms with Gasteiger partial charge in [-0.05, 0) is 32.4 Å². The Labute approximate surface area is 69.8 Å². The molecule has 0 saturated heterocycles. The van der Waals surface area contributed by atoms with Crippen LogP contribution in [0.25, 0.3) is 0 Å². The topological polar surface area (TPSA) is 27.0 Å². The second kappa shape index (κ2) is 6.18. The van der Waals surface area contributed by atoms with Gasteiger partial charge in [-0.1, -0.05) is 13.8 Å². The minimum Gasteiger partial charge on any atom is -0.294 e. The summed E-state index contributed by atoms with van der Waals surface area (Å²) in [5.74, 6) is 0.783. The normalized spacial score (nSPS) is 10.5. The Morgan fingerprint density at radius 3 is 2.55 bits per heavy atom. The van der Waals surface area contributed by atoms with Gasteiger partial charge in [0.25, 0.3) is 0 Å². The third kappa shape index (κ3) is 7.35. The molecular weight excluding hydrogens is 136 g/mol. The van der Waals surface area contributed by atoms with E-state index in [1.807, 2.05) is 7.05 Å². The monoisotopic (exact) mass is 154 g/mol.